The highest BCUT2D eigenvalue weighted by Crippen LogP contribution is 1.91. The summed E-state index contributed by atoms with van der Waals surface area (Å²) in [5.74, 6) is -0.133. The summed E-state index contributed by atoms with van der Waals surface area (Å²) in [5, 5.41) is 7.81. The maximum atomic E-state index is 10.5. The maximum absolute atomic E-state index is 10.5. The van der Waals surface area contributed by atoms with Crippen LogP contribution in [0, 0.1) is 0 Å². The number of anilines is 1. The van der Waals surface area contributed by atoms with Crippen LogP contribution in [0.1, 0.15) is 6.92 Å². The van der Waals surface area contributed by atoms with Gasteiger partial charge in [-0.15, -0.1) is 0 Å². The Labute approximate surface area is 61.7 Å². The molecule has 1 rings (SSSR count). The van der Waals surface area contributed by atoms with E-state index in [1.165, 1.54) is 13.1 Å². The lowest BCUT2D eigenvalue weighted by Crippen LogP contribution is -2.16. The number of hydrogen-bond donors (Lipinski definition) is 2. The van der Waals surface area contributed by atoms with Crippen LogP contribution in [-0.2, 0) is 4.79 Å². The standard InChI is InChI=1S/C5H6N4O2/c1-3(10)7-4-2-6-9-5(11)8-4/h2H,1H3,(H2,7,8,9,10,11). The number of rotatable bonds is 1. The van der Waals surface area contributed by atoms with Gasteiger partial charge in [-0.1, -0.05) is 0 Å². The second kappa shape index (κ2) is 2.91. The molecule has 2 N–H and O–H groups in total. The first-order chi connectivity index (χ1) is 5.18. The maximum Gasteiger partial charge on any atom is 0.363 e. The van der Waals surface area contributed by atoms with Gasteiger partial charge in [-0.2, -0.15) is 10.1 Å². The van der Waals surface area contributed by atoms with Crippen molar-refractivity contribution in [2.24, 2.45) is 0 Å². The number of H-pyrrole nitrogens is 1. The Morgan fingerprint density at radius 3 is 3.00 bits per heavy atom. The molecule has 0 unspecified atom stereocenters. The fourth-order valence-electron chi connectivity index (χ4n) is 0.552. The van der Waals surface area contributed by atoms with Gasteiger partial charge in [0, 0.05) is 6.92 Å². The van der Waals surface area contributed by atoms with E-state index in [4.69, 9.17) is 0 Å². The Morgan fingerprint density at radius 2 is 2.45 bits per heavy atom. The molecule has 6 heteroatoms. The van der Waals surface area contributed by atoms with Crippen LogP contribution >= 0.6 is 0 Å². The van der Waals surface area contributed by atoms with E-state index in [9.17, 15) is 9.59 Å². The molecule has 6 nitrogen and oxygen atoms in total. The predicted octanol–water partition coefficient (Wildman–Crippen LogP) is -0.877. The normalized spacial score (nSPS) is 9.18. The molecule has 0 saturated carbocycles. The Hall–Kier alpha value is -1.72. The van der Waals surface area contributed by atoms with E-state index >= 15 is 0 Å². The number of nitrogens with zero attached hydrogens (tertiary/aromatic N) is 2. The first kappa shape index (κ1) is 7.39. The number of nitrogens with one attached hydrogen (secondary N) is 2. The summed E-state index contributed by atoms with van der Waals surface area (Å²) >= 11 is 0. The highest BCUT2D eigenvalue weighted by Gasteiger charge is 1.96. The fraction of sp³-hybridized carbons (Fsp3) is 0.200. The monoisotopic (exact) mass is 154 g/mol. The molecule has 0 aliphatic heterocycles. The molecule has 0 aliphatic carbocycles. The van der Waals surface area contributed by atoms with Crippen LogP contribution in [-0.4, -0.2) is 21.1 Å². The van der Waals surface area contributed by atoms with Crippen LogP contribution in [0.4, 0.5) is 5.82 Å². The minimum Gasteiger partial charge on any atom is -0.309 e. The summed E-state index contributed by atoms with van der Waals surface area (Å²) in [6.07, 6.45) is 1.25. The molecule has 0 bridgehead atoms. The van der Waals surface area contributed by atoms with Crippen molar-refractivity contribution in [3.8, 4) is 0 Å². The van der Waals surface area contributed by atoms with Crippen LogP contribution in [0.5, 0.6) is 0 Å². The Bertz CT molecular complexity index is 318. The summed E-state index contributed by atoms with van der Waals surface area (Å²) in [6, 6.07) is 0. The van der Waals surface area contributed by atoms with Gasteiger partial charge in [0.1, 0.15) is 0 Å². The SMILES string of the molecule is CC(=O)Nc1cn[nH]c(=O)n1. The van der Waals surface area contributed by atoms with Crippen LogP contribution in [0.3, 0.4) is 0 Å². The van der Waals surface area contributed by atoms with Crippen molar-refractivity contribution in [1.82, 2.24) is 15.2 Å². The van der Waals surface area contributed by atoms with E-state index < -0.39 is 5.69 Å². The van der Waals surface area contributed by atoms with Crippen molar-refractivity contribution in [1.29, 1.82) is 0 Å². The van der Waals surface area contributed by atoms with E-state index in [0.29, 0.717) is 0 Å². The van der Waals surface area contributed by atoms with Gasteiger partial charge >= 0.3 is 5.69 Å². The predicted molar refractivity (Wildman–Crippen MR) is 37.0 cm³/mol. The van der Waals surface area contributed by atoms with Crippen LogP contribution in [0.2, 0.25) is 0 Å². The average molecular weight is 154 g/mol. The molecule has 0 radical (unpaired) electrons. The minimum absolute atomic E-state index is 0.154. The highest BCUT2D eigenvalue weighted by molar-refractivity contribution is 5.87. The quantitative estimate of drug-likeness (QED) is 0.550. The molecule has 11 heavy (non-hydrogen) atoms. The molecule has 0 saturated heterocycles. The van der Waals surface area contributed by atoms with Gasteiger partial charge in [0.2, 0.25) is 5.91 Å². The second-order valence-corrected chi connectivity index (χ2v) is 1.85. The van der Waals surface area contributed by atoms with Crippen LogP contribution in [0.25, 0.3) is 0 Å². The van der Waals surface area contributed by atoms with E-state index in [2.05, 4.69) is 20.5 Å². The Balaban J connectivity index is 2.88. The Morgan fingerprint density at radius 1 is 1.73 bits per heavy atom. The zero-order valence-corrected chi connectivity index (χ0v) is 5.79. The smallest absolute Gasteiger partial charge is 0.309 e. The fourth-order valence-corrected chi connectivity index (χ4v) is 0.552. The molecule has 0 aliphatic rings. The average Bonchev–Trinajstić information content (AvgIpc) is 1.85. The lowest BCUT2D eigenvalue weighted by atomic mass is 10.6. The molecular formula is C5H6N4O2. The summed E-state index contributed by atoms with van der Waals surface area (Å²) in [7, 11) is 0. The molecule has 58 valence electrons. The lowest BCUT2D eigenvalue weighted by molar-refractivity contribution is -0.114. The molecule has 1 aromatic rings. The lowest BCUT2D eigenvalue weighted by Gasteiger charge is -1.95. The first-order valence-corrected chi connectivity index (χ1v) is 2.88. The number of carbonyl (C=O) groups is 1. The Kier molecular flexibility index (Phi) is 1.95. The second-order valence-electron chi connectivity index (χ2n) is 1.85. The number of carbonyl (C=O) groups excluding carboxylic acids is 1. The van der Waals surface area contributed by atoms with Crippen molar-refractivity contribution in [2.45, 2.75) is 6.92 Å². The van der Waals surface area contributed by atoms with Gasteiger partial charge in [0.15, 0.2) is 5.82 Å². The third-order valence-corrected chi connectivity index (χ3v) is 0.873. The van der Waals surface area contributed by atoms with Crippen molar-refractivity contribution in [3.05, 3.63) is 16.7 Å². The molecule has 1 heterocycles. The van der Waals surface area contributed by atoms with Crippen LogP contribution < -0.4 is 11.0 Å². The summed E-state index contributed by atoms with van der Waals surface area (Å²) < 4.78 is 0. The van der Waals surface area contributed by atoms with E-state index in [-0.39, 0.29) is 11.7 Å². The number of aromatic nitrogens is 3. The molecule has 0 fully saturated rings. The minimum atomic E-state index is -0.587. The van der Waals surface area contributed by atoms with Gasteiger partial charge in [0.05, 0.1) is 6.20 Å². The number of aromatic amines is 1. The van der Waals surface area contributed by atoms with Crippen molar-refractivity contribution < 1.29 is 4.79 Å². The molecule has 1 aromatic heterocycles. The van der Waals surface area contributed by atoms with E-state index in [0.717, 1.165) is 0 Å². The third-order valence-electron chi connectivity index (χ3n) is 0.873. The van der Waals surface area contributed by atoms with Crippen molar-refractivity contribution >= 4 is 11.7 Å². The zero-order valence-electron chi connectivity index (χ0n) is 5.79. The van der Waals surface area contributed by atoms with E-state index in [1.54, 1.807) is 0 Å². The molecule has 0 spiro atoms. The van der Waals surface area contributed by atoms with Crippen molar-refractivity contribution in [2.75, 3.05) is 5.32 Å². The molecule has 0 aromatic carbocycles. The summed E-state index contributed by atoms with van der Waals surface area (Å²) in [5.41, 5.74) is -0.587. The number of amides is 1. The highest BCUT2D eigenvalue weighted by atomic mass is 16.2. The van der Waals surface area contributed by atoms with Crippen molar-refractivity contribution in [3.63, 3.8) is 0 Å². The van der Waals surface area contributed by atoms with Crippen LogP contribution in [0.15, 0.2) is 11.0 Å². The van der Waals surface area contributed by atoms with Gasteiger partial charge in [0.25, 0.3) is 0 Å². The number of hydrogen-bond acceptors (Lipinski definition) is 4. The molecule has 1 amide bonds. The molecule has 0 atom stereocenters. The van der Waals surface area contributed by atoms with Gasteiger partial charge in [-0.3, -0.25) is 4.79 Å². The van der Waals surface area contributed by atoms with Gasteiger partial charge < -0.3 is 5.32 Å². The largest absolute Gasteiger partial charge is 0.363 e. The van der Waals surface area contributed by atoms with E-state index in [1.807, 2.05) is 0 Å². The summed E-state index contributed by atoms with van der Waals surface area (Å²) in [6.45, 7) is 1.32. The zero-order chi connectivity index (χ0) is 8.27. The van der Waals surface area contributed by atoms with Gasteiger partial charge in [-0.05, 0) is 0 Å². The summed E-state index contributed by atoms with van der Waals surface area (Å²) in [4.78, 5) is 24.3. The third kappa shape index (κ3) is 2.17. The molecular weight excluding hydrogens is 148 g/mol. The topological polar surface area (TPSA) is 87.7 Å². The van der Waals surface area contributed by atoms with Gasteiger partial charge in [-0.25, -0.2) is 9.89 Å². The first-order valence-electron chi connectivity index (χ1n) is 2.88.